The Bertz CT molecular complexity index is 1260. The number of aliphatic hydroxyl groups excluding tert-OH is 1. The van der Waals surface area contributed by atoms with E-state index in [1.54, 1.807) is 19.1 Å². The molecule has 162 valence electrons. The maximum Gasteiger partial charge on any atom is 0.301 e. The SMILES string of the molecule is Cc1nc(N2C(=O)C(=O)C(=C(O)c3ccc(Cl)cc3)[C@H]2c2ccc([N+](=O)[O-])cc2)sc1C. The third-order valence-corrected chi connectivity index (χ3v) is 6.53. The van der Waals surface area contributed by atoms with Gasteiger partial charge in [0, 0.05) is 27.6 Å². The summed E-state index contributed by atoms with van der Waals surface area (Å²) in [5, 5.41) is 22.8. The lowest BCUT2D eigenvalue weighted by Crippen LogP contribution is -2.29. The molecule has 4 rings (SSSR count). The van der Waals surface area contributed by atoms with Crippen LogP contribution in [-0.2, 0) is 9.59 Å². The molecule has 1 aliphatic rings. The molecule has 32 heavy (non-hydrogen) atoms. The van der Waals surface area contributed by atoms with E-state index in [0.29, 0.717) is 27.0 Å². The van der Waals surface area contributed by atoms with Crippen molar-refractivity contribution in [3.05, 3.63) is 90.9 Å². The Morgan fingerprint density at radius 2 is 1.75 bits per heavy atom. The van der Waals surface area contributed by atoms with Gasteiger partial charge in [-0.05, 0) is 55.8 Å². The van der Waals surface area contributed by atoms with E-state index in [1.165, 1.54) is 52.6 Å². The number of ketones is 1. The van der Waals surface area contributed by atoms with Gasteiger partial charge in [-0.1, -0.05) is 11.6 Å². The maximum atomic E-state index is 13.1. The average Bonchev–Trinajstić information content (AvgIpc) is 3.23. The summed E-state index contributed by atoms with van der Waals surface area (Å²) in [4.78, 5) is 43.2. The fourth-order valence-electron chi connectivity index (χ4n) is 3.45. The Morgan fingerprint density at radius 3 is 2.28 bits per heavy atom. The minimum Gasteiger partial charge on any atom is -0.507 e. The van der Waals surface area contributed by atoms with Gasteiger partial charge in [-0.25, -0.2) is 4.98 Å². The van der Waals surface area contributed by atoms with Gasteiger partial charge >= 0.3 is 5.91 Å². The zero-order valence-corrected chi connectivity index (χ0v) is 18.5. The zero-order valence-electron chi connectivity index (χ0n) is 16.9. The van der Waals surface area contributed by atoms with Crippen LogP contribution < -0.4 is 4.90 Å². The number of carbonyl (C=O) groups is 2. The molecule has 3 aromatic rings. The standard InChI is InChI=1S/C22H16ClN3O5S/c1-11-12(2)32-22(24-11)25-18(13-5-9-16(10-6-13)26(30)31)17(20(28)21(25)29)19(27)14-3-7-15(23)8-4-14/h3-10,18,27H,1-2H3/t18-/m1/s1. The van der Waals surface area contributed by atoms with E-state index in [0.717, 1.165) is 4.88 Å². The van der Waals surface area contributed by atoms with E-state index >= 15 is 0 Å². The Hall–Kier alpha value is -3.56. The second kappa shape index (κ2) is 8.18. The molecule has 1 aromatic heterocycles. The number of aromatic nitrogens is 1. The summed E-state index contributed by atoms with van der Waals surface area (Å²) in [5.41, 5.74) is 1.19. The van der Waals surface area contributed by atoms with E-state index in [2.05, 4.69) is 4.98 Å². The number of hydrogen-bond acceptors (Lipinski definition) is 7. The normalized spacial score (nSPS) is 17.7. The van der Waals surface area contributed by atoms with E-state index in [9.17, 15) is 24.8 Å². The Kier molecular flexibility index (Phi) is 5.53. The first-order chi connectivity index (χ1) is 15.2. The number of carbonyl (C=O) groups excluding carboxylic acids is 2. The monoisotopic (exact) mass is 469 g/mol. The summed E-state index contributed by atoms with van der Waals surface area (Å²) in [7, 11) is 0. The van der Waals surface area contributed by atoms with Crippen molar-refractivity contribution in [3.8, 4) is 0 Å². The number of halogens is 1. The fourth-order valence-corrected chi connectivity index (χ4v) is 4.51. The fraction of sp³-hybridized carbons (Fsp3) is 0.136. The quantitative estimate of drug-likeness (QED) is 0.190. The van der Waals surface area contributed by atoms with E-state index in [1.807, 2.05) is 6.92 Å². The van der Waals surface area contributed by atoms with Gasteiger partial charge in [-0.3, -0.25) is 24.6 Å². The topological polar surface area (TPSA) is 114 Å². The van der Waals surface area contributed by atoms with Crippen LogP contribution in [0, 0.1) is 24.0 Å². The molecule has 0 spiro atoms. The minimum atomic E-state index is -1.00. The molecular formula is C22H16ClN3O5S. The van der Waals surface area contributed by atoms with Crippen LogP contribution in [-0.4, -0.2) is 26.7 Å². The molecule has 1 fully saturated rings. The lowest BCUT2D eigenvalue weighted by molar-refractivity contribution is -0.384. The highest BCUT2D eigenvalue weighted by molar-refractivity contribution is 7.16. The summed E-state index contributed by atoms with van der Waals surface area (Å²) in [6, 6.07) is 10.7. The third-order valence-electron chi connectivity index (χ3n) is 5.21. The van der Waals surface area contributed by atoms with Crippen molar-refractivity contribution in [2.45, 2.75) is 19.9 Å². The lowest BCUT2D eigenvalue weighted by Gasteiger charge is -2.23. The van der Waals surface area contributed by atoms with Gasteiger partial charge in [0.25, 0.3) is 11.5 Å². The van der Waals surface area contributed by atoms with Crippen LogP contribution in [0.2, 0.25) is 5.02 Å². The number of hydrogen-bond donors (Lipinski definition) is 1. The van der Waals surface area contributed by atoms with Crippen molar-refractivity contribution in [2.75, 3.05) is 4.90 Å². The van der Waals surface area contributed by atoms with Crippen LogP contribution >= 0.6 is 22.9 Å². The van der Waals surface area contributed by atoms with E-state index < -0.39 is 22.7 Å². The molecule has 10 heteroatoms. The van der Waals surface area contributed by atoms with Gasteiger partial charge in [0.1, 0.15) is 5.76 Å². The van der Waals surface area contributed by atoms with Gasteiger partial charge in [-0.2, -0.15) is 0 Å². The van der Waals surface area contributed by atoms with Crippen LogP contribution in [0.4, 0.5) is 10.8 Å². The number of rotatable bonds is 4. The van der Waals surface area contributed by atoms with Crippen LogP contribution in [0.1, 0.15) is 27.7 Å². The first kappa shape index (κ1) is 21.7. The number of thiazole rings is 1. The van der Waals surface area contributed by atoms with Gasteiger partial charge in [0.2, 0.25) is 0 Å². The van der Waals surface area contributed by atoms with Gasteiger partial charge < -0.3 is 5.11 Å². The molecule has 2 heterocycles. The largest absolute Gasteiger partial charge is 0.507 e. The van der Waals surface area contributed by atoms with Crippen molar-refractivity contribution >= 4 is 51.2 Å². The first-order valence-corrected chi connectivity index (χ1v) is 10.6. The van der Waals surface area contributed by atoms with E-state index in [-0.39, 0.29) is 17.0 Å². The van der Waals surface area contributed by atoms with Crippen LogP contribution in [0.5, 0.6) is 0 Å². The lowest BCUT2D eigenvalue weighted by atomic mass is 9.95. The molecule has 0 saturated carbocycles. The highest BCUT2D eigenvalue weighted by Crippen LogP contribution is 2.44. The zero-order chi connectivity index (χ0) is 23.2. The minimum absolute atomic E-state index is 0.128. The number of nitro benzene ring substituents is 1. The summed E-state index contributed by atoms with van der Waals surface area (Å²) in [5.74, 6) is -2.07. The smallest absolute Gasteiger partial charge is 0.301 e. The van der Waals surface area contributed by atoms with Crippen molar-refractivity contribution in [1.29, 1.82) is 0 Å². The Balaban J connectivity index is 1.93. The number of aryl methyl sites for hydroxylation is 2. The predicted octanol–water partition coefficient (Wildman–Crippen LogP) is 4.95. The van der Waals surface area contributed by atoms with Crippen molar-refractivity contribution in [1.82, 2.24) is 4.98 Å². The van der Waals surface area contributed by atoms with Crippen molar-refractivity contribution in [2.24, 2.45) is 0 Å². The number of amides is 1. The maximum absolute atomic E-state index is 13.1. The molecular weight excluding hydrogens is 454 g/mol. The molecule has 8 nitrogen and oxygen atoms in total. The molecule has 1 aliphatic heterocycles. The Morgan fingerprint density at radius 1 is 1.12 bits per heavy atom. The molecule has 1 atom stereocenters. The van der Waals surface area contributed by atoms with Gasteiger partial charge in [0.05, 0.1) is 22.2 Å². The average molecular weight is 470 g/mol. The van der Waals surface area contributed by atoms with Crippen LogP contribution in [0.3, 0.4) is 0 Å². The summed E-state index contributed by atoms with van der Waals surface area (Å²) in [6.07, 6.45) is 0. The van der Waals surface area contributed by atoms with Gasteiger partial charge in [0.15, 0.2) is 5.13 Å². The highest BCUT2D eigenvalue weighted by atomic mass is 35.5. The number of non-ortho nitro benzene ring substituents is 1. The van der Waals surface area contributed by atoms with Crippen LogP contribution in [0.25, 0.3) is 5.76 Å². The molecule has 0 unspecified atom stereocenters. The highest BCUT2D eigenvalue weighted by Gasteiger charge is 2.48. The number of benzene rings is 2. The third kappa shape index (κ3) is 3.65. The summed E-state index contributed by atoms with van der Waals surface area (Å²) < 4.78 is 0. The summed E-state index contributed by atoms with van der Waals surface area (Å²) in [6.45, 7) is 3.64. The van der Waals surface area contributed by atoms with Gasteiger partial charge in [-0.15, -0.1) is 11.3 Å². The van der Waals surface area contributed by atoms with Crippen molar-refractivity contribution in [3.63, 3.8) is 0 Å². The molecule has 0 radical (unpaired) electrons. The molecule has 1 N–H and O–H groups in total. The number of nitrogens with zero attached hydrogens (tertiary/aromatic N) is 3. The molecule has 1 amide bonds. The second-order valence-corrected chi connectivity index (χ2v) is 8.78. The predicted molar refractivity (Wildman–Crippen MR) is 121 cm³/mol. The molecule has 2 aromatic carbocycles. The van der Waals surface area contributed by atoms with Crippen LogP contribution in [0.15, 0.2) is 54.1 Å². The Labute approximate surface area is 191 Å². The molecule has 0 aliphatic carbocycles. The number of Topliss-reactive ketones (excluding diaryl/α,β-unsaturated/α-hetero) is 1. The molecule has 1 saturated heterocycles. The first-order valence-electron chi connectivity index (χ1n) is 9.44. The van der Waals surface area contributed by atoms with Crippen molar-refractivity contribution < 1.29 is 19.6 Å². The van der Waals surface area contributed by atoms with E-state index in [4.69, 9.17) is 11.6 Å². The number of aliphatic hydroxyl groups is 1. The summed E-state index contributed by atoms with van der Waals surface area (Å²) >= 11 is 7.17. The second-order valence-electron chi connectivity index (χ2n) is 7.16. The molecule has 0 bridgehead atoms. The number of anilines is 1. The number of nitro groups is 1.